The molecular weight excluding hydrogens is 242 g/mol. The van der Waals surface area contributed by atoms with Gasteiger partial charge in [0.15, 0.2) is 0 Å². The average molecular weight is 265 g/mol. The van der Waals surface area contributed by atoms with Crippen LogP contribution in [0.5, 0.6) is 0 Å². The summed E-state index contributed by atoms with van der Waals surface area (Å²) in [5.74, 6) is 0.535. The molecule has 0 radical (unpaired) electrons. The molecule has 0 bridgehead atoms. The van der Waals surface area contributed by atoms with Gasteiger partial charge in [-0.3, -0.25) is 0 Å². The molecule has 0 heterocycles. The van der Waals surface area contributed by atoms with E-state index in [1.807, 2.05) is 0 Å². The van der Waals surface area contributed by atoms with Gasteiger partial charge in [0, 0.05) is 6.04 Å². The second kappa shape index (κ2) is 5.06. The Bertz CT molecular complexity index is 617. The predicted molar refractivity (Wildman–Crippen MR) is 84.9 cm³/mol. The molecule has 0 amide bonds. The highest BCUT2D eigenvalue weighted by Crippen LogP contribution is 2.35. The van der Waals surface area contributed by atoms with Crippen LogP contribution in [0.1, 0.15) is 39.4 Å². The summed E-state index contributed by atoms with van der Waals surface area (Å²) in [7, 11) is 0. The molecule has 1 heteroatoms. The van der Waals surface area contributed by atoms with Crippen molar-refractivity contribution in [1.82, 2.24) is 0 Å². The summed E-state index contributed by atoms with van der Waals surface area (Å²) < 4.78 is 0. The quantitative estimate of drug-likeness (QED) is 0.871. The zero-order valence-electron chi connectivity index (χ0n) is 12.6. The van der Waals surface area contributed by atoms with Gasteiger partial charge in [-0.2, -0.15) is 0 Å². The Kier molecular flexibility index (Phi) is 3.39. The third-order valence-electron chi connectivity index (χ3n) is 4.83. The van der Waals surface area contributed by atoms with Crippen molar-refractivity contribution in [3.05, 3.63) is 69.8 Å². The van der Waals surface area contributed by atoms with Gasteiger partial charge in [-0.15, -0.1) is 0 Å². The van der Waals surface area contributed by atoms with Crippen LogP contribution in [0.15, 0.2) is 36.4 Å². The van der Waals surface area contributed by atoms with Crippen molar-refractivity contribution in [2.24, 2.45) is 11.7 Å². The van der Waals surface area contributed by atoms with Gasteiger partial charge in [-0.05, 0) is 72.9 Å². The normalized spacial score (nSPS) is 16.2. The zero-order valence-corrected chi connectivity index (χ0v) is 12.6. The average Bonchev–Trinajstić information content (AvgIpc) is 2.86. The number of nitrogens with two attached hydrogens (primary N) is 1. The fourth-order valence-corrected chi connectivity index (χ4v) is 3.44. The predicted octanol–water partition coefficient (Wildman–Crippen LogP) is 4.03. The van der Waals surface area contributed by atoms with E-state index < -0.39 is 0 Å². The second-order valence-corrected chi connectivity index (χ2v) is 6.26. The molecule has 1 aliphatic rings. The lowest BCUT2D eigenvalue weighted by Crippen LogP contribution is -2.23. The molecular formula is C19H23N. The van der Waals surface area contributed by atoms with Crippen LogP contribution < -0.4 is 5.73 Å². The summed E-state index contributed by atoms with van der Waals surface area (Å²) >= 11 is 0. The molecule has 1 nitrogen and oxygen atoms in total. The Labute approximate surface area is 121 Å². The number of fused-ring (bicyclic) bond motifs is 1. The van der Waals surface area contributed by atoms with Crippen LogP contribution in [0.2, 0.25) is 0 Å². The van der Waals surface area contributed by atoms with Crippen LogP contribution in [-0.2, 0) is 12.8 Å². The van der Waals surface area contributed by atoms with E-state index in [4.69, 9.17) is 5.73 Å². The van der Waals surface area contributed by atoms with E-state index in [9.17, 15) is 0 Å². The van der Waals surface area contributed by atoms with Crippen LogP contribution in [0.3, 0.4) is 0 Å². The van der Waals surface area contributed by atoms with Crippen molar-refractivity contribution in [1.29, 1.82) is 0 Å². The SMILES string of the molecule is Cc1cc(C)c(C(N)C2Cc3ccccc3C2)cc1C. The number of benzene rings is 2. The smallest absolute Gasteiger partial charge is 0.0332 e. The van der Waals surface area contributed by atoms with Gasteiger partial charge in [-0.25, -0.2) is 0 Å². The minimum absolute atomic E-state index is 0.140. The second-order valence-electron chi connectivity index (χ2n) is 6.26. The molecule has 0 fully saturated rings. The summed E-state index contributed by atoms with van der Waals surface area (Å²) in [4.78, 5) is 0. The van der Waals surface area contributed by atoms with Crippen molar-refractivity contribution < 1.29 is 0 Å². The third-order valence-corrected chi connectivity index (χ3v) is 4.83. The van der Waals surface area contributed by atoms with Crippen LogP contribution in [-0.4, -0.2) is 0 Å². The fraction of sp³-hybridized carbons (Fsp3) is 0.368. The lowest BCUT2D eigenvalue weighted by molar-refractivity contribution is 0.452. The van der Waals surface area contributed by atoms with Crippen LogP contribution in [0.4, 0.5) is 0 Å². The number of hydrogen-bond donors (Lipinski definition) is 1. The first-order valence-electron chi connectivity index (χ1n) is 7.46. The molecule has 1 atom stereocenters. The Hall–Kier alpha value is -1.60. The molecule has 0 saturated carbocycles. The molecule has 3 rings (SSSR count). The Morgan fingerprint density at radius 2 is 1.45 bits per heavy atom. The fourth-order valence-electron chi connectivity index (χ4n) is 3.44. The monoisotopic (exact) mass is 265 g/mol. The van der Waals surface area contributed by atoms with Crippen molar-refractivity contribution in [3.8, 4) is 0 Å². The molecule has 2 aromatic rings. The van der Waals surface area contributed by atoms with Gasteiger partial charge in [0.1, 0.15) is 0 Å². The van der Waals surface area contributed by atoms with Gasteiger partial charge in [0.05, 0.1) is 0 Å². The first-order chi connectivity index (χ1) is 9.56. The Morgan fingerprint density at radius 3 is 2.05 bits per heavy atom. The summed E-state index contributed by atoms with van der Waals surface area (Å²) in [6.07, 6.45) is 2.23. The van der Waals surface area contributed by atoms with E-state index in [-0.39, 0.29) is 6.04 Å². The molecule has 20 heavy (non-hydrogen) atoms. The molecule has 0 saturated heterocycles. The zero-order chi connectivity index (χ0) is 14.3. The molecule has 1 unspecified atom stereocenters. The highest BCUT2D eigenvalue weighted by Gasteiger charge is 2.28. The van der Waals surface area contributed by atoms with Crippen LogP contribution in [0.25, 0.3) is 0 Å². The van der Waals surface area contributed by atoms with Gasteiger partial charge < -0.3 is 5.73 Å². The topological polar surface area (TPSA) is 26.0 Å². The molecule has 1 aliphatic carbocycles. The van der Waals surface area contributed by atoms with Crippen molar-refractivity contribution >= 4 is 0 Å². The molecule has 0 aliphatic heterocycles. The van der Waals surface area contributed by atoms with Crippen LogP contribution >= 0.6 is 0 Å². The van der Waals surface area contributed by atoms with E-state index in [0.29, 0.717) is 5.92 Å². The Morgan fingerprint density at radius 1 is 0.900 bits per heavy atom. The van der Waals surface area contributed by atoms with Crippen LogP contribution in [0, 0.1) is 26.7 Å². The molecule has 2 N–H and O–H groups in total. The van der Waals surface area contributed by atoms with Gasteiger partial charge >= 0.3 is 0 Å². The molecule has 0 spiro atoms. The summed E-state index contributed by atoms with van der Waals surface area (Å²) in [5, 5.41) is 0. The summed E-state index contributed by atoms with van der Waals surface area (Å²) in [6, 6.07) is 13.5. The number of hydrogen-bond acceptors (Lipinski definition) is 1. The number of rotatable bonds is 2. The third kappa shape index (κ3) is 2.27. The van der Waals surface area contributed by atoms with E-state index in [1.54, 1.807) is 0 Å². The van der Waals surface area contributed by atoms with Gasteiger partial charge in [0.25, 0.3) is 0 Å². The lowest BCUT2D eigenvalue weighted by Gasteiger charge is -2.22. The summed E-state index contributed by atoms with van der Waals surface area (Å²) in [5.41, 5.74) is 14.9. The first kappa shape index (κ1) is 13.4. The highest BCUT2D eigenvalue weighted by atomic mass is 14.7. The maximum absolute atomic E-state index is 6.60. The first-order valence-corrected chi connectivity index (χ1v) is 7.46. The maximum Gasteiger partial charge on any atom is 0.0332 e. The largest absolute Gasteiger partial charge is 0.324 e. The summed E-state index contributed by atoms with van der Waals surface area (Å²) in [6.45, 7) is 6.53. The van der Waals surface area contributed by atoms with Crippen molar-refractivity contribution in [2.45, 2.75) is 39.7 Å². The van der Waals surface area contributed by atoms with E-state index in [2.05, 4.69) is 57.2 Å². The molecule has 104 valence electrons. The van der Waals surface area contributed by atoms with E-state index in [1.165, 1.54) is 33.4 Å². The van der Waals surface area contributed by atoms with E-state index >= 15 is 0 Å². The lowest BCUT2D eigenvalue weighted by atomic mass is 9.87. The standard InChI is InChI=1S/C19H23N/c1-12-8-14(3)18(9-13(12)2)19(20)17-10-15-6-4-5-7-16(15)11-17/h4-9,17,19H,10-11,20H2,1-3H3. The molecule has 0 aromatic heterocycles. The maximum atomic E-state index is 6.60. The van der Waals surface area contributed by atoms with Gasteiger partial charge in [-0.1, -0.05) is 36.4 Å². The molecule has 2 aromatic carbocycles. The highest BCUT2D eigenvalue weighted by molar-refractivity contribution is 5.40. The number of aryl methyl sites for hydroxylation is 3. The van der Waals surface area contributed by atoms with Crippen molar-refractivity contribution in [3.63, 3.8) is 0 Å². The van der Waals surface area contributed by atoms with Gasteiger partial charge in [0.2, 0.25) is 0 Å². The minimum atomic E-state index is 0.140. The van der Waals surface area contributed by atoms with Crippen molar-refractivity contribution in [2.75, 3.05) is 0 Å². The minimum Gasteiger partial charge on any atom is -0.324 e. The Balaban J connectivity index is 1.88. The van der Waals surface area contributed by atoms with E-state index in [0.717, 1.165) is 12.8 Å².